The van der Waals surface area contributed by atoms with Crippen LogP contribution in [0.15, 0.2) is 24.3 Å². The maximum absolute atomic E-state index is 12.4. The van der Waals surface area contributed by atoms with Gasteiger partial charge in [-0.05, 0) is 68.4 Å². The number of carbonyl (C=O) groups is 2. The molecule has 0 aliphatic heterocycles. The Balaban J connectivity index is 1.69. The highest BCUT2D eigenvalue weighted by atomic mass is 35.5. The minimum absolute atomic E-state index is 0.101. The zero-order valence-corrected chi connectivity index (χ0v) is 15.2. The standard InChI is InChI=1S/C20H20ClNO3/c1-12-9-13(2)22-19(21)18(12)20(24)25-11-17(23)16-8-7-14-5-3-4-6-15(14)10-16/h7-10H,3-6,11H2,1-2H3. The first-order chi connectivity index (χ1) is 12.0. The number of Topliss-reactive ketones (excluding diaryl/α,β-unsaturated/α-hetero) is 1. The molecule has 1 aromatic heterocycles. The summed E-state index contributed by atoms with van der Waals surface area (Å²) in [6.45, 7) is 3.26. The number of fused-ring (bicyclic) bond motifs is 1. The molecule has 0 bridgehead atoms. The average Bonchev–Trinajstić information content (AvgIpc) is 2.58. The minimum atomic E-state index is -0.624. The summed E-state index contributed by atoms with van der Waals surface area (Å²) in [7, 11) is 0. The van der Waals surface area contributed by atoms with Gasteiger partial charge in [-0.25, -0.2) is 9.78 Å². The van der Waals surface area contributed by atoms with Crippen LogP contribution < -0.4 is 0 Å². The number of halogens is 1. The number of ether oxygens (including phenoxy) is 1. The Morgan fingerprint density at radius 1 is 1.12 bits per heavy atom. The van der Waals surface area contributed by atoms with Crippen LogP contribution in [0.25, 0.3) is 0 Å². The van der Waals surface area contributed by atoms with Gasteiger partial charge in [-0.3, -0.25) is 4.79 Å². The zero-order chi connectivity index (χ0) is 18.0. The second kappa shape index (κ2) is 7.36. The molecule has 0 unspecified atom stereocenters. The summed E-state index contributed by atoms with van der Waals surface area (Å²) in [6.07, 6.45) is 4.41. The molecule has 1 heterocycles. The Labute approximate surface area is 152 Å². The molecule has 0 fully saturated rings. The number of benzene rings is 1. The summed E-state index contributed by atoms with van der Waals surface area (Å²) >= 11 is 6.04. The van der Waals surface area contributed by atoms with Gasteiger partial charge in [-0.1, -0.05) is 23.7 Å². The van der Waals surface area contributed by atoms with Crippen molar-refractivity contribution in [2.24, 2.45) is 0 Å². The third kappa shape index (κ3) is 3.90. The molecule has 0 atom stereocenters. The quantitative estimate of drug-likeness (QED) is 0.466. The van der Waals surface area contributed by atoms with Crippen molar-refractivity contribution in [2.45, 2.75) is 39.5 Å². The van der Waals surface area contributed by atoms with Crippen LogP contribution >= 0.6 is 11.6 Å². The molecule has 0 saturated heterocycles. The van der Waals surface area contributed by atoms with E-state index in [4.69, 9.17) is 16.3 Å². The maximum Gasteiger partial charge on any atom is 0.342 e. The van der Waals surface area contributed by atoms with E-state index in [0.717, 1.165) is 25.0 Å². The summed E-state index contributed by atoms with van der Waals surface area (Å²) in [5, 5.41) is 0.101. The minimum Gasteiger partial charge on any atom is -0.454 e. The molecule has 130 valence electrons. The molecule has 0 radical (unpaired) electrons. The van der Waals surface area contributed by atoms with Gasteiger partial charge in [-0.15, -0.1) is 0 Å². The lowest BCUT2D eigenvalue weighted by Crippen LogP contribution is -2.16. The van der Waals surface area contributed by atoms with Crippen molar-refractivity contribution < 1.29 is 14.3 Å². The fourth-order valence-corrected chi connectivity index (χ4v) is 3.59. The van der Waals surface area contributed by atoms with Gasteiger partial charge in [0.2, 0.25) is 0 Å². The van der Waals surface area contributed by atoms with E-state index in [1.165, 1.54) is 17.5 Å². The molecule has 4 nitrogen and oxygen atoms in total. The number of hydrogen-bond acceptors (Lipinski definition) is 4. The molecule has 0 N–H and O–H groups in total. The summed E-state index contributed by atoms with van der Waals surface area (Å²) < 4.78 is 5.18. The average molecular weight is 358 g/mol. The van der Waals surface area contributed by atoms with E-state index in [1.54, 1.807) is 19.9 Å². The highest BCUT2D eigenvalue weighted by molar-refractivity contribution is 6.32. The Bertz CT molecular complexity index is 822. The van der Waals surface area contributed by atoms with Crippen LogP contribution in [0.5, 0.6) is 0 Å². The van der Waals surface area contributed by atoms with E-state index in [2.05, 4.69) is 4.98 Å². The molecule has 5 heteroatoms. The molecule has 0 spiro atoms. The van der Waals surface area contributed by atoms with Crippen molar-refractivity contribution in [3.05, 3.63) is 62.9 Å². The number of esters is 1. The lowest BCUT2D eigenvalue weighted by atomic mass is 9.90. The molecule has 1 aliphatic carbocycles. The van der Waals surface area contributed by atoms with Gasteiger partial charge in [0.15, 0.2) is 12.4 Å². The molecular weight excluding hydrogens is 338 g/mol. The van der Waals surface area contributed by atoms with Crippen LogP contribution in [0.4, 0.5) is 0 Å². The lowest BCUT2D eigenvalue weighted by Gasteiger charge is -2.16. The summed E-state index contributed by atoms with van der Waals surface area (Å²) in [5.41, 5.74) is 4.75. The van der Waals surface area contributed by atoms with Crippen molar-refractivity contribution in [1.29, 1.82) is 0 Å². The van der Waals surface area contributed by atoms with Crippen LogP contribution in [0.1, 0.15) is 55.9 Å². The Morgan fingerprint density at radius 2 is 1.84 bits per heavy atom. The zero-order valence-electron chi connectivity index (χ0n) is 14.4. The van der Waals surface area contributed by atoms with Crippen molar-refractivity contribution >= 4 is 23.4 Å². The molecule has 0 saturated carbocycles. The number of rotatable bonds is 4. The highest BCUT2D eigenvalue weighted by Crippen LogP contribution is 2.23. The van der Waals surface area contributed by atoms with Crippen molar-refractivity contribution in [2.75, 3.05) is 6.61 Å². The number of aromatic nitrogens is 1. The first-order valence-electron chi connectivity index (χ1n) is 8.41. The molecular formula is C20H20ClNO3. The van der Waals surface area contributed by atoms with Crippen LogP contribution in [0.3, 0.4) is 0 Å². The molecule has 1 aromatic carbocycles. The first-order valence-corrected chi connectivity index (χ1v) is 8.79. The Hall–Kier alpha value is -2.20. The summed E-state index contributed by atoms with van der Waals surface area (Å²) in [6, 6.07) is 7.50. The van der Waals surface area contributed by atoms with Crippen LogP contribution in [-0.4, -0.2) is 23.3 Å². The van der Waals surface area contributed by atoms with Gasteiger partial charge < -0.3 is 4.74 Å². The molecule has 1 aliphatic rings. The van der Waals surface area contributed by atoms with Gasteiger partial charge in [0, 0.05) is 11.3 Å². The number of ketones is 1. The van der Waals surface area contributed by atoms with Crippen molar-refractivity contribution in [3.63, 3.8) is 0 Å². The van der Waals surface area contributed by atoms with Crippen molar-refractivity contribution in [3.8, 4) is 0 Å². The van der Waals surface area contributed by atoms with E-state index < -0.39 is 5.97 Å². The van der Waals surface area contributed by atoms with E-state index in [1.807, 2.05) is 18.2 Å². The maximum atomic E-state index is 12.4. The molecule has 2 aromatic rings. The van der Waals surface area contributed by atoms with Crippen LogP contribution in [0, 0.1) is 13.8 Å². The monoisotopic (exact) mass is 357 g/mol. The fraction of sp³-hybridized carbons (Fsp3) is 0.350. The number of nitrogens with zero attached hydrogens (tertiary/aromatic N) is 1. The highest BCUT2D eigenvalue weighted by Gasteiger charge is 2.19. The van der Waals surface area contributed by atoms with E-state index in [9.17, 15) is 9.59 Å². The molecule has 3 rings (SSSR count). The van der Waals surface area contributed by atoms with Gasteiger partial charge in [0.25, 0.3) is 0 Å². The number of hydrogen-bond donors (Lipinski definition) is 0. The lowest BCUT2D eigenvalue weighted by molar-refractivity contribution is 0.0473. The van der Waals surface area contributed by atoms with Crippen LogP contribution in [-0.2, 0) is 17.6 Å². The first kappa shape index (κ1) is 17.6. The largest absolute Gasteiger partial charge is 0.454 e. The second-order valence-corrected chi connectivity index (χ2v) is 6.79. The third-order valence-electron chi connectivity index (χ3n) is 4.51. The summed E-state index contributed by atoms with van der Waals surface area (Å²) in [4.78, 5) is 28.7. The number of carbonyl (C=O) groups excluding carboxylic acids is 2. The number of aryl methyl sites for hydroxylation is 4. The van der Waals surface area contributed by atoms with Gasteiger partial charge in [-0.2, -0.15) is 0 Å². The Morgan fingerprint density at radius 3 is 2.56 bits per heavy atom. The third-order valence-corrected chi connectivity index (χ3v) is 4.78. The Kier molecular flexibility index (Phi) is 5.19. The van der Waals surface area contributed by atoms with Gasteiger partial charge >= 0.3 is 5.97 Å². The fourth-order valence-electron chi connectivity index (χ4n) is 3.23. The second-order valence-electron chi connectivity index (χ2n) is 6.44. The molecule has 0 amide bonds. The topological polar surface area (TPSA) is 56.3 Å². The van der Waals surface area contributed by atoms with E-state index in [0.29, 0.717) is 11.1 Å². The van der Waals surface area contributed by atoms with E-state index >= 15 is 0 Å². The predicted molar refractivity (Wildman–Crippen MR) is 96.4 cm³/mol. The SMILES string of the molecule is Cc1cc(C)c(C(=O)OCC(=O)c2ccc3c(c2)CCCC3)c(Cl)n1. The van der Waals surface area contributed by atoms with Crippen molar-refractivity contribution in [1.82, 2.24) is 4.98 Å². The normalized spacial score (nSPS) is 13.2. The van der Waals surface area contributed by atoms with Gasteiger partial charge in [0.1, 0.15) is 5.15 Å². The summed E-state index contributed by atoms with van der Waals surface area (Å²) in [5.74, 6) is -0.836. The van der Waals surface area contributed by atoms with E-state index in [-0.39, 0.29) is 23.1 Å². The van der Waals surface area contributed by atoms with Crippen LogP contribution in [0.2, 0.25) is 5.15 Å². The smallest absolute Gasteiger partial charge is 0.342 e. The van der Waals surface area contributed by atoms with Gasteiger partial charge in [0.05, 0.1) is 5.56 Å². The predicted octanol–water partition coefficient (Wildman–Crippen LogP) is 4.27. The molecule has 25 heavy (non-hydrogen) atoms. The number of pyridine rings is 1.